The molecule has 106 valence electrons. The van der Waals surface area contributed by atoms with E-state index < -0.39 is 0 Å². The molecule has 0 atom stereocenters. The molecular weight excluding hydrogens is 294 g/mol. The molecule has 0 spiro atoms. The van der Waals surface area contributed by atoms with Crippen molar-refractivity contribution in [2.45, 2.75) is 40.9 Å². The van der Waals surface area contributed by atoms with Crippen LogP contribution in [0.25, 0.3) is 0 Å². The molecule has 0 unspecified atom stereocenters. The lowest BCUT2D eigenvalue weighted by Crippen LogP contribution is -1.87. The number of hydrogen-bond acceptors (Lipinski definition) is 3. The molecule has 0 aliphatic heterocycles. The van der Waals surface area contributed by atoms with Gasteiger partial charge in [0.15, 0.2) is 0 Å². The van der Waals surface area contributed by atoms with Gasteiger partial charge in [-0.3, -0.25) is 0 Å². The Morgan fingerprint density at radius 2 is 1.90 bits per heavy atom. The third kappa shape index (κ3) is 3.12. The first-order chi connectivity index (χ1) is 10.3. The summed E-state index contributed by atoms with van der Waals surface area (Å²) in [5, 5.41) is 9.48. The molecule has 0 fully saturated rings. The third-order valence-corrected chi connectivity index (χ3v) is 5.69. The minimum atomic E-state index is 0.815. The van der Waals surface area contributed by atoms with Crippen LogP contribution in [0.15, 0.2) is 51.1 Å². The lowest BCUT2D eigenvalue weighted by atomic mass is 10.1. The smallest absolute Gasteiger partial charge is 0.101 e. The molecule has 3 rings (SSSR count). The molecule has 0 saturated carbocycles. The maximum absolute atomic E-state index is 9.48. The van der Waals surface area contributed by atoms with Gasteiger partial charge >= 0.3 is 0 Å². The van der Waals surface area contributed by atoms with Crippen LogP contribution in [0.4, 0.5) is 0 Å². The van der Waals surface area contributed by atoms with Gasteiger partial charge in [-0.15, -0.1) is 11.8 Å². The summed E-state index contributed by atoms with van der Waals surface area (Å²) in [7, 11) is 0. The Kier molecular flexibility index (Phi) is 4.57. The number of nitrogens with zero attached hydrogens (tertiary/aromatic N) is 1. The Bertz CT molecular complexity index is 701. The van der Waals surface area contributed by atoms with Gasteiger partial charge in [-0.1, -0.05) is 30.8 Å². The molecule has 0 N–H and O–H groups in total. The summed E-state index contributed by atoms with van der Waals surface area (Å²) >= 11 is 3.44. The molecule has 0 radical (unpaired) electrons. The van der Waals surface area contributed by atoms with Crippen molar-refractivity contribution in [3.8, 4) is 6.07 Å². The second-order valence-electron chi connectivity index (χ2n) is 5.06. The van der Waals surface area contributed by atoms with Crippen molar-refractivity contribution < 1.29 is 0 Å². The van der Waals surface area contributed by atoms with E-state index >= 15 is 0 Å². The monoisotopic (exact) mass is 311 g/mol. The highest BCUT2D eigenvalue weighted by molar-refractivity contribution is 8.00. The van der Waals surface area contributed by atoms with Gasteiger partial charge in [-0.05, 0) is 60.4 Å². The van der Waals surface area contributed by atoms with Crippen LogP contribution < -0.4 is 0 Å². The molecule has 0 amide bonds. The van der Waals surface area contributed by atoms with E-state index in [9.17, 15) is 5.26 Å². The fourth-order valence-corrected chi connectivity index (χ4v) is 4.57. The number of hydrogen-bond donors (Lipinski definition) is 0. The summed E-state index contributed by atoms with van der Waals surface area (Å²) in [6, 6.07) is 15.3. The van der Waals surface area contributed by atoms with Gasteiger partial charge in [0.1, 0.15) is 6.07 Å². The van der Waals surface area contributed by atoms with Crippen LogP contribution in [0.1, 0.15) is 30.0 Å². The van der Waals surface area contributed by atoms with Crippen LogP contribution >= 0.6 is 23.5 Å². The first-order valence-corrected chi connectivity index (χ1v) is 9.07. The Morgan fingerprint density at radius 3 is 2.71 bits per heavy atom. The van der Waals surface area contributed by atoms with E-state index in [0.29, 0.717) is 0 Å². The number of benzene rings is 2. The highest BCUT2D eigenvalue weighted by Crippen LogP contribution is 2.36. The van der Waals surface area contributed by atoms with E-state index in [4.69, 9.17) is 0 Å². The summed E-state index contributed by atoms with van der Waals surface area (Å²) in [6.45, 7) is 2.12. The molecule has 2 aromatic rings. The normalized spacial score (nSPS) is 13.0. The lowest BCUT2D eigenvalue weighted by molar-refractivity contribution is 0.911. The van der Waals surface area contributed by atoms with Gasteiger partial charge < -0.3 is 0 Å². The van der Waals surface area contributed by atoms with E-state index in [2.05, 4.69) is 43.3 Å². The molecule has 1 aliphatic carbocycles. The Labute approximate surface area is 134 Å². The van der Waals surface area contributed by atoms with Crippen LogP contribution in [0.2, 0.25) is 0 Å². The van der Waals surface area contributed by atoms with Crippen molar-refractivity contribution in [2.24, 2.45) is 0 Å². The SMILES string of the molecule is CCSc1cccc(Sc2ccc3c(c2)CCC3)c1C#N. The van der Waals surface area contributed by atoms with Crippen molar-refractivity contribution in [3.05, 3.63) is 53.1 Å². The molecule has 0 bridgehead atoms. The zero-order chi connectivity index (χ0) is 14.7. The maximum Gasteiger partial charge on any atom is 0.101 e. The van der Waals surface area contributed by atoms with Crippen LogP contribution in [0, 0.1) is 11.3 Å². The van der Waals surface area contributed by atoms with Crippen molar-refractivity contribution >= 4 is 23.5 Å². The number of aryl methyl sites for hydroxylation is 2. The minimum Gasteiger partial charge on any atom is -0.192 e. The Morgan fingerprint density at radius 1 is 1.10 bits per heavy atom. The fourth-order valence-electron chi connectivity index (χ4n) is 2.72. The van der Waals surface area contributed by atoms with E-state index in [-0.39, 0.29) is 0 Å². The quantitative estimate of drug-likeness (QED) is 0.715. The summed E-state index contributed by atoms with van der Waals surface area (Å²) in [5.74, 6) is 0.988. The first-order valence-electron chi connectivity index (χ1n) is 7.27. The lowest BCUT2D eigenvalue weighted by Gasteiger charge is -2.09. The predicted octanol–water partition coefficient (Wildman–Crippen LogP) is 5.31. The van der Waals surface area contributed by atoms with E-state index in [1.165, 1.54) is 35.3 Å². The number of thioether (sulfide) groups is 1. The van der Waals surface area contributed by atoms with Gasteiger partial charge in [0.2, 0.25) is 0 Å². The molecule has 0 aromatic heterocycles. The van der Waals surface area contributed by atoms with Crippen molar-refractivity contribution in [3.63, 3.8) is 0 Å². The summed E-state index contributed by atoms with van der Waals surface area (Å²) in [5.41, 5.74) is 3.79. The number of rotatable bonds is 4. The van der Waals surface area contributed by atoms with Gasteiger partial charge in [0.25, 0.3) is 0 Å². The number of nitriles is 1. The van der Waals surface area contributed by atoms with Crippen molar-refractivity contribution in [1.82, 2.24) is 0 Å². The second-order valence-corrected chi connectivity index (χ2v) is 7.48. The van der Waals surface area contributed by atoms with Crippen LogP contribution in [0.3, 0.4) is 0 Å². The average Bonchev–Trinajstić information content (AvgIpc) is 2.95. The standard InChI is InChI=1S/C18H17NS2/c1-2-20-17-7-4-8-18(16(17)12-19)21-15-10-9-13-5-3-6-14(13)11-15/h4,7-11H,2-3,5-6H2,1H3. The molecule has 0 saturated heterocycles. The van der Waals surface area contributed by atoms with Gasteiger partial charge in [0.05, 0.1) is 5.56 Å². The van der Waals surface area contributed by atoms with E-state index in [0.717, 1.165) is 21.1 Å². The molecule has 21 heavy (non-hydrogen) atoms. The maximum atomic E-state index is 9.48. The molecule has 3 heteroatoms. The fraction of sp³-hybridized carbons (Fsp3) is 0.278. The highest BCUT2D eigenvalue weighted by Gasteiger charge is 2.13. The van der Waals surface area contributed by atoms with Gasteiger partial charge in [-0.2, -0.15) is 5.26 Å². The molecule has 1 nitrogen and oxygen atoms in total. The molecule has 1 aliphatic rings. The van der Waals surface area contributed by atoms with Gasteiger partial charge in [-0.25, -0.2) is 0 Å². The summed E-state index contributed by atoms with van der Waals surface area (Å²) < 4.78 is 0. The van der Waals surface area contributed by atoms with Crippen molar-refractivity contribution in [1.29, 1.82) is 5.26 Å². The average molecular weight is 311 g/mol. The zero-order valence-corrected chi connectivity index (χ0v) is 13.7. The molecule has 0 heterocycles. The van der Waals surface area contributed by atoms with Crippen LogP contribution in [0.5, 0.6) is 0 Å². The first kappa shape index (κ1) is 14.6. The molecular formula is C18H17NS2. The topological polar surface area (TPSA) is 23.8 Å². The van der Waals surface area contributed by atoms with Crippen LogP contribution in [-0.2, 0) is 12.8 Å². The summed E-state index contributed by atoms with van der Waals surface area (Å²) in [6.07, 6.45) is 3.68. The largest absolute Gasteiger partial charge is 0.192 e. The second kappa shape index (κ2) is 6.60. The predicted molar refractivity (Wildman–Crippen MR) is 90.1 cm³/mol. The van der Waals surface area contributed by atoms with E-state index in [1.54, 1.807) is 23.5 Å². The van der Waals surface area contributed by atoms with E-state index in [1.807, 2.05) is 6.07 Å². The Hall–Kier alpha value is -1.37. The minimum absolute atomic E-state index is 0.815. The molecule has 2 aromatic carbocycles. The number of fused-ring (bicyclic) bond motifs is 1. The third-order valence-electron chi connectivity index (χ3n) is 3.70. The zero-order valence-electron chi connectivity index (χ0n) is 12.1. The summed E-state index contributed by atoms with van der Waals surface area (Å²) in [4.78, 5) is 3.39. The Balaban J connectivity index is 1.91. The van der Waals surface area contributed by atoms with Gasteiger partial charge in [0, 0.05) is 14.7 Å². The highest BCUT2D eigenvalue weighted by atomic mass is 32.2. The van der Waals surface area contributed by atoms with Crippen LogP contribution in [-0.4, -0.2) is 5.75 Å². The van der Waals surface area contributed by atoms with Crippen molar-refractivity contribution in [2.75, 3.05) is 5.75 Å².